The van der Waals surface area contributed by atoms with E-state index >= 15 is 0 Å². The molecule has 0 aliphatic heterocycles. The zero-order chi connectivity index (χ0) is 14.1. The lowest BCUT2D eigenvalue weighted by Gasteiger charge is -2.27. The molecule has 1 saturated carbocycles. The van der Waals surface area contributed by atoms with Crippen molar-refractivity contribution >= 4 is 11.6 Å². The third kappa shape index (κ3) is 2.44. The van der Waals surface area contributed by atoms with Crippen LogP contribution in [0.1, 0.15) is 61.3 Å². The minimum Gasteiger partial charge on any atom is -0.345 e. The molecule has 1 aromatic heterocycles. The van der Waals surface area contributed by atoms with Gasteiger partial charge in [-0.15, -0.1) is 0 Å². The first-order valence-electron chi connectivity index (χ1n) is 8.20. The van der Waals surface area contributed by atoms with E-state index in [-0.39, 0.29) is 0 Å². The van der Waals surface area contributed by atoms with E-state index in [4.69, 9.17) is 0 Å². The molecule has 2 nitrogen and oxygen atoms in total. The molecule has 1 atom stereocenters. The van der Waals surface area contributed by atoms with Crippen LogP contribution >= 0.6 is 0 Å². The standard InChI is InChI=1S/C19H22N2/c1-2-6-14(7-3-1)19-11-15(10-16-12-20-13-21-16)17-8-4-5-9-18(17)19/h4-5,8-10,12-14,19H,1-3,6-7,11H2,(H,20,21)/b15-10+. The van der Waals surface area contributed by atoms with E-state index in [2.05, 4.69) is 40.3 Å². The van der Waals surface area contributed by atoms with Crippen molar-refractivity contribution in [3.63, 3.8) is 0 Å². The number of fused-ring (bicyclic) bond motifs is 1. The van der Waals surface area contributed by atoms with Crippen molar-refractivity contribution < 1.29 is 0 Å². The summed E-state index contributed by atoms with van der Waals surface area (Å²) in [6, 6.07) is 9.01. The van der Waals surface area contributed by atoms with Crippen molar-refractivity contribution in [2.24, 2.45) is 5.92 Å². The first-order valence-corrected chi connectivity index (χ1v) is 8.20. The summed E-state index contributed by atoms with van der Waals surface area (Å²) in [4.78, 5) is 7.33. The molecule has 0 radical (unpaired) electrons. The molecule has 1 N–H and O–H groups in total. The monoisotopic (exact) mass is 278 g/mol. The van der Waals surface area contributed by atoms with Gasteiger partial charge in [0.2, 0.25) is 0 Å². The Morgan fingerprint density at radius 1 is 1.10 bits per heavy atom. The predicted octanol–water partition coefficient (Wildman–Crippen LogP) is 5.02. The molecule has 0 amide bonds. The Labute approximate surface area is 126 Å². The molecule has 1 fully saturated rings. The summed E-state index contributed by atoms with van der Waals surface area (Å²) in [7, 11) is 0. The van der Waals surface area contributed by atoms with E-state index < -0.39 is 0 Å². The number of imidazole rings is 1. The van der Waals surface area contributed by atoms with Gasteiger partial charge in [-0.25, -0.2) is 4.98 Å². The summed E-state index contributed by atoms with van der Waals surface area (Å²) in [6.45, 7) is 0. The summed E-state index contributed by atoms with van der Waals surface area (Å²) in [5, 5.41) is 0. The summed E-state index contributed by atoms with van der Waals surface area (Å²) in [5.41, 5.74) is 5.63. The molecule has 1 aromatic carbocycles. The van der Waals surface area contributed by atoms with Gasteiger partial charge in [-0.05, 0) is 53.9 Å². The Hall–Kier alpha value is -1.83. The summed E-state index contributed by atoms with van der Waals surface area (Å²) in [5.74, 6) is 1.61. The fourth-order valence-corrected chi connectivity index (χ4v) is 4.20. The molecule has 1 unspecified atom stereocenters. The number of hydrogen-bond acceptors (Lipinski definition) is 1. The molecule has 4 rings (SSSR count). The maximum atomic E-state index is 4.13. The number of allylic oxidation sites excluding steroid dienone is 1. The van der Waals surface area contributed by atoms with Gasteiger partial charge in [-0.3, -0.25) is 0 Å². The minimum atomic E-state index is 0.732. The van der Waals surface area contributed by atoms with Gasteiger partial charge < -0.3 is 4.98 Å². The van der Waals surface area contributed by atoms with E-state index in [0.717, 1.165) is 17.5 Å². The van der Waals surface area contributed by atoms with Crippen LogP contribution in [0.25, 0.3) is 11.6 Å². The second-order valence-corrected chi connectivity index (χ2v) is 6.47. The van der Waals surface area contributed by atoms with Gasteiger partial charge >= 0.3 is 0 Å². The Bertz CT molecular complexity index is 633. The molecule has 21 heavy (non-hydrogen) atoms. The molecule has 2 heteroatoms. The highest BCUT2D eigenvalue weighted by Gasteiger charge is 2.32. The van der Waals surface area contributed by atoms with Crippen molar-refractivity contribution in [3.8, 4) is 0 Å². The zero-order valence-corrected chi connectivity index (χ0v) is 12.4. The van der Waals surface area contributed by atoms with Crippen molar-refractivity contribution in [3.05, 3.63) is 53.6 Å². The normalized spacial score (nSPS) is 24.4. The number of rotatable bonds is 2. The van der Waals surface area contributed by atoms with Gasteiger partial charge in [0.25, 0.3) is 0 Å². The van der Waals surface area contributed by atoms with Crippen LogP contribution in [0.3, 0.4) is 0 Å². The fraction of sp³-hybridized carbons (Fsp3) is 0.421. The SMILES string of the molecule is C(=C1/CC(C2CCCCC2)c2ccccc21)/c1cnc[nH]1. The van der Waals surface area contributed by atoms with Crippen LogP contribution in [0.5, 0.6) is 0 Å². The Morgan fingerprint density at radius 3 is 2.76 bits per heavy atom. The fourth-order valence-electron chi connectivity index (χ4n) is 4.20. The first kappa shape index (κ1) is 12.9. The number of hydrogen-bond donors (Lipinski definition) is 1. The molecular formula is C19H22N2. The molecule has 0 spiro atoms. The van der Waals surface area contributed by atoms with Gasteiger partial charge in [0.15, 0.2) is 0 Å². The number of nitrogens with zero attached hydrogens (tertiary/aromatic N) is 1. The van der Waals surface area contributed by atoms with Crippen LogP contribution in [-0.4, -0.2) is 9.97 Å². The van der Waals surface area contributed by atoms with Gasteiger partial charge in [-0.1, -0.05) is 43.5 Å². The predicted molar refractivity (Wildman–Crippen MR) is 86.8 cm³/mol. The highest BCUT2D eigenvalue weighted by molar-refractivity contribution is 5.85. The lowest BCUT2D eigenvalue weighted by atomic mass is 9.77. The lowest BCUT2D eigenvalue weighted by Crippen LogP contribution is -2.14. The van der Waals surface area contributed by atoms with E-state index in [1.807, 2.05) is 6.20 Å². The average molecular weight is 278 g/mol. The number of benzene rings is 1. The van der Waals surface area contributed by atoms with Crippen LogP contribution in [0.4, 0.5) is 0 Å². The smallest absolute Gasteiger partial charge is 0.0924 e. The van der Waals surface area contributed by atoms with E-state index in [1.165, 1.54) is 49.7 Å². The second kappa shape index (κ2) is 5.51. The van der Waals surface area contributed by atoms with Gasteiger partial charge in [0.05, 0.1) is 18.2 Å². The van der Waals surface area contributed by atoms with Crippen molar-refractivity contribution in [1.82, 2.24) is 9.97 Å². The molecule has 1 heterocycles. The number of nitrogens with one attached hydrogen (secondary N) is 1. The highest BCUT2D eigenvalue weighted by atomic mass is 14.8. The third-order valence-corrected chi connectivity index (χ3v) is 5.21. The van der Waals surface area contributed by atoms with Gasteiger partial charge in [-0.2, -0.15) is 0 Å². The van der Waals surface area contributed by atoms with Crippen LogP contribution < -0.4 is 0 Å². The molecule has 2 aliphatic carbocycles. The summed E-state index contributed by atoms with van der Waals surface area (Å²) in [6.07, 6.45) is 14.2. The van der Waals surface area contributed by atoms with Crippen LogP contribution in [-0.2, 0) is 0 Å². The number of aromatic amines is 1. The van der Waals surface area contributed by atoms with Crippen LogP contribution in [0.15, 0.2) is 36.8 Å². The molecule has 0 saturated heterocycles. The van der Waals surface area contributed by atoms with Crippen LogP contribution in [0.2, 0.25) is 0 Å². The number of H-pyrrole nitrogens is 1. The topological polar surface area (TPSA) is 28.7 Å². The molecular weight excluding hydrogens is 256 g/mol. The quantitative estimate of drug-likeness (QED) is 0.821. The largest absolute Gasteiger partial charge is 0.345 e. The van der Waals surface area contributed by atoms with Gasteiger partial charge in [0, 0.05) is 0 Å². The Kier molecular flexibility index (Phi) is 3.38. The second-order valence-electron chi connectivity index (χ2n) is 6.47. The Balaban J connectivity index is 1.69. The Morgan fingerprint density at radius 2 is 1.95 bits per heavy atom. The summed E-state index contributed by atoms with van der Waals surface area (Å²) >= 11 is 0. The summed E-state index contributed by atoms with van der Waals surface area (Å²) < 4.78 is 0. The van der Waals surface area contributed by atoms with Crippen molar-refractivity contribution in [2.75, 3.05) is 0 Å². The maximum Gasteiger partial charge on any atom is 0.0924 e. The molecule has 0 bridgehead atoms. The van der Waals surface area contributed by atoms with Gasteiger partial charge in [0.1, 0.15) is 0 Å². The molecule has 2 aliphatic rings. The van der Waals surface area contributed by atoms with E-state index in [0.29, 0.717) is 0 Å². The van der Waals surface area contributed by atoms with Crippen molar-refractivity contribution in [1.29, 1.82) is 0 Å². The molecule has 108 valence electrons. The first-order chi connectivity index (χ1) is 10.4. The highest BCUT2D eigenvalue weighted by Crippen LogP contribution is 2.49. The third-order valence-electron chi connectivity index (χ3n) is 5.21. The van der Waals surface area contributed by atoms with Crippen LogP contribution in [0, 0.1) is 5.92 Å². The van der Waals surface area contributed by atoms with E-state index in [1.54, 1.807) is 11.9 Å². The maximum absolute atomic E-state index is 4.13. The molecule has 2 aromatic rings. The number of aromatic nitrogens is 2. The average Bonchev–Trinajstić information content (AvgIpc) is 3.17. The zero-order valence-electron chi connectivity index (χ0n) is 12.4. The van der Waals surface area contributed by atoms with Crippen molar-refractivity contribution in [2.45, 2.75) is 44.4 Å². The van der Waals surface area contributed by atoms with E-state index in [9.17, 15) is 0 Å². The minimum absolute atomic E-state index is 0.732. The lowest BCUT2D eigenvalue weighted by molar-refractivity contribution is 0.310.